The lowest BCUT2D eigenvalue weighted by Gasteiger charge is -2.05. The Morgan fingerprint density at radius 1 is 1.22 bits per heavy atom. The van der Waals surface area contributed by atoms with E-state index < -0.39 is 33.8 Å². The molecule has 0 aliphatic rings. The molecule has 0 aromatic heterocycles. The molecule has 11 nitrogen and oxygen atoms in total. The molecule has 2 aromatic carbocycles. The number of nitrogens with one attached hydrogen (secondary N) is 1. The number of nitrogens with zero attached hydrogens (tertiary/aromatic N) is 3. The van der Waals surface area contributed by atoms with Gasteiger partial charge in [-0.05, 0) is 12.1 Å². The van der Waals surface area contributed by atoms with Crippen molar-refractivity contribution >= 4 is 35.1 Å². The van der Waals surface area contributed by atoms with Gasteiger partial charge in [0.25, 0.3) is 5.91 Å². The lowest BCUT2D eigenvalue weighted by atomic mass is 10.2. The van der Waals surface area contributed by atoms with Crippen molar-refractivity contribution in [3.63, 3.8) is 0 Å². The summed E-state index contributed by atoms with van der Waals surface area (Å²) >= 11 is 5.73. The van der Waals surface area contributed by atoms with E-state index >= 15 is 0 Å². The van der Waals surface area contributed by atoms with Crippen molar-refractivity contribution in [3.8, 4) is 11.5 Å². The van der Waals surface area contributed by atoms with E-state index in [0.29, 0.717) is 0 Å². The second-order valence-electron chi connectivity index (χ2n) is 4.93. The molecular formula is C15H11ClN4O7. The number of phenolic OH excluding ortho intramolecular Hbond substituents is 1. The molecular weight excluding hydrogens is 384 g/mol. The van der Waals surface area contributed by atoms with E-state index in [4.69, 9.17) is 16.3 Å². The van der Waals surface area contributed by atoms with E-state index in [1.807, 2.05) is 0 Å². The van der Waals surface area contributed by atoms with Crippen LogP contribution in [0.25, 0.3) is 0 Å². The van der Waals surface area contributed by atoms with E-state index in [1.54, 1.807) is 0 Å². The summed E-state index contributed by atoms with van der Waals surface area (Å²) in [6, 6.07) is 7.69. The summed E-state index contributed by atoms with van der Waals surface area (Å²) in [4.78, 5) is 31.9. The number of nitro groups is 2. The fraction of sp³-hybridized carbons (Fsp3) is 0.0667. The molecule has 0 aliphatic carbocycles. The number of ether oxygens (including phenoxy) is 1. The molecule has 2 N–H and O–H groups in total. The Kier molecular flexibility index (Phi) is 6.23. The van der Waals surface area contributed by atoms with Gasteiger partial charge in [-0.2, -0.15) is 5.10 Å². The van der Waals surface area contributed by atoms with Gasteiger partial charge in [-0.3, -0.25) is 25.0 Å². The summed E-state index contributed by atoms with van der Waals surface area (Å²) in [6.45, 7) is -0.566. The molecule has 12 heteroatoms. The number of carbonyl (C=O) groups is 1. The monoisotopic (exact) mass is 394 g/mol. The average molecular weight is 395 g/mol. The van der Waals surface area contributed by atoms with Crippen LogP contribution >= 0.6 is 11.6 Å². The summed E-state index contributed by atoms with van der Waals surface area (Å²) in [5, 5.41) is 35.0. The van der Waals surface area contributed by atoms with Gasteiger partial charge in [0, 0.05) is 22.7 Å². The normalized spacial score (nSPS) is 10.6. The first-order valence-electron chi connectivity index (χ1n) is 7.14. The minimum Gasteiger partial charge on any atom is -0.502 e. The molecule has 0 spiro atoms. The number of phenols is 1. The number of halogens is 1. The fourth-order valence-corrected chi connectivity index (χ4v) is 2.14. The highest BCUT2D eigenvalue weighted by atomic mass is 35.5. The number of para-hydroxylation sites is 2. The summed E-state index contributed by atoms with van der Waals surface area (Å²) in [5.41, 5.74) is 1.05. The highest BCUT2D eigenvalue weighted by Crippen LogP contribution is 2.32. The Hall–Kier alpha value is -3.73. The molecule has 140 valence electrons. The lowest BCUT2D eigenvalue weighted by molar-refractivity contribution is -0.386. The highest BCUT2D eigenvalue weighted by molar-refractivity contribution is 6.31. The van der Waals surface area contributed by atoms with Crippen LogP contribution in [0.3, 0.4) is 0 Å². The summed E-state index contributed by atoms with van der Waals surface area (Å²) in [6.07, 6.45) is 0.955. The predicted molar refractivity (Wildman–Crippen MR) is 94.1 cm³/mol. The van der Waals surface area contributed by atoms with Gasteiger partial charge in [-0.1, -0.05) is 23.7 Å². The fourth-order valence-electron chi connectivity index (χ4n) is 1.92. The molecule has 0 saturated carbocycles. The third kappa shape index (κ3) is 5.12. The maximum absolute atomic E-state index is 11.7. The Bertz CT molecular complexity index is 932. The van der Waals surface area contributed by atoms with E-state index in [2.05, 4.69) is 10.5 Å². The molecule has 0 bridgehead atoms. The Labute approximate surface area is 156 Å². The Balaban J connectivity index is 2.00. The van der Waals surface area contributed by atoms with Gasteiger partial charge in [0.2, 0.25) is 5.75 Å². The third-order valence-electron chi connectivity index (χ3n) is 3.09. The van der Waals surface area contributed by atoms with Crippen LogP contribution < -0.4 is 10.2 Å². The summed E-state index contributed by atoms with van der Waals surface area (Å²) in [5.74, 6) is -1.51. The van der Waals surface area contributed by atoms with Crippen molar-refractivity contribution < 1.29 is 24.5 Å². The molecule has 0 radical (unpaired) electrons. The first-order valence-corrected chi connectivity index (χ1v) is 7.52. The predicted octanol–water partition coefficient (Wildman–Crippen LogP) is 2.39. The lowest BCUT2D eigenvalue weighted by Crippen LogP contribution is -2.24. The molecule has 1 amide bonds. The van der Waals surface area contributed by atoms with Gasteiger partial charge in [-0.25, -0.2) is 5.43 Å². The largest absolute Gasteiger partial charge is 0.502 e. The molecule has 0 unspecified atom stereocenters. The number of rotatable bonds is 7. The average Bonchev–Trinajstić information content (AvgIpc) is 2.62. The number of hydrogen-bond acceptors (Lipinski definition) is 8. The standard InChI is InChI=1S/C15H11ClN4O7/c16-10-5-9(15(22)12(6-10)20(25)26)7-17-18-14(21)8-27-13-4-2-1-3-11(13)19(23)24/h1-7,22H,8H2,(H,18,21)/b17-7+. The minimum absolute atomic E-state index is 0.00741. The number of nitro benzene ring substituents is 2. The van der Waals surface area contributed by atoms with Crippen LogP contribution in [0.5, 0.6) is 11.5 Å². The third-order valence-corrected chi connectivity index (χ3v) is 3.31. The SMILES string of the molecule is O=C(COc1ccccc1[N+](=O)[O-])N/N=C/c1cc(Cl)cc([N+](=O)[O-])c1O. The number of hydrogen-bond donors (Lipinski definition) is 2. The van der Waals surface area contributed by atoms with Crippen molar-refractivity contribution in [1.29, 1.82) is 0 Å². The van der Waals surface area contributed by atoms with E-state index in [0.717, 1.165) is 12.3 Å². The molecule has 2 aromatic rings. The summed E-state index contributed by atoms with van der Waals surface area (Å²) in [7, 11) is 0. The smallest absolute Gasteiger partial charge is 0.312 e. The van der Waals surface area contributed by atoms with Crippen LogP contribution in [0.15, 0.2) is 41.5 Å². The number of hydrazone groups is 1. The number of amides is 1. The molecule has 27 heavy (non-hydrogen) atoms. The zero-order chi connectivity index (χ0) is 20.0. The van der Waals surface area contributed by atoms with Crippen LogP contribution in [-0.4, -0.2) is 33.7 Å². The van der Waals surface area contributed by atoms with Crippen molar-refractivity contribution in [1.82, 2.24) is 5.43 Å². The van der Waals surface area contributed by atoms with Gasteiger partial charge in [0.05, 0.1) is 16.1 Å². The van der Waals surface area contributed by atoms with Gasteiger partial charge < -0.3 is 9.84 Å². The molecule has 0 heterocycles. The van der Waals surface area contributed by atoms with Crippen molar-refractivity contribution in [2.75, 3.05) is 6.61 Å². The highest BCUT2D eigenvalue weighted by Gasteiger charge is 2.18. The van der Waals surface area contributed by atoms with Gasteiger partial charge in [0.15, 0.2) is 12.4 Å². The van der Waals surface area contributed by atoms with Gasteiger partial charge >= 0.3 is 11.4 Å². The van der Waals surface area contributed by atoms with Crippen molar-refractivity contribution in [2.45, 2.75) is 0 Å². The number of aromatic hydroxyl groups is 1. The molecule has 0 atom stereocenters. The zero-order valence-corrected chi connectivity index (χ0v) is 14.1. The number of carbonyl (C=O) groups excluding carboxylic acids is 1. The Morgan fingerprint density at radius 2 is 1.89 bits per heavy atom. The topological polar surface area (TPSA) is 157 Å². The first kappa shape index (κ1) is 19.6. The first-order chi connectivity index (χ1) is 12.8. The van der Waals surface area contributed by atoms with Gasteiger partial charge in [-0.15, -0.1) is 0 Å². The van der Waals surface area contributed by atoms with E-state index in [1.165, 1.54) is 30.3 Å². The van der Waals surface area contributed by atoms with Crippen LogP contribution in [0, 0.1) is 20.2 Å². The van der Waals surface area contributed by atoms with Crippen LogP contribution in [0.2, 0.25) is 5.02 Å². The number of benzene rings is 2. The van der Waals surface area contributed by atoms with Crippen LogP contribution in [0.1, 0.15) is 5.56 Å². The van der Waals surface area contributed by atoms with Crippen LogP contribution in [0.4, 0.5) is 11.4 Å². The quantitative estimate of drug-likeness (QED) is 0.414. The van der Waals surface area contributed by atoms with E-state index in [9.17, 15) is 30.1 Å². The molecule has 0 fully saturated rings. The van der Waals surface area contributed by atoms with Crippen LogP contribution in [-0.2, 0) is 4.79 Å². The molecule has 2 rings (SSSR count). The molecule has 0 aliphatic heterocycles. The maximum atomic E-state index is 11.7. The van der Waals surface area contributed by atoms with Gasteiger partial charge in [0.1, 0.15) is 0 Å². The van der Waals surface area contributed by atoms with E-state index in [-0.39, 0.29) is 22.0 Å². The minimum atomic E-state index is -0.822. The Morgan fingerprint density at radius 3 is 2.56 bits per heavy atom. The molecule has 0 saturated heterocycles. The summed E-state index contributed by atoms with van der Waals surface area (Å²) < 4.78 is 5.07. The second kappa shape index (κ2) is 8.58. The zero-order valence-electron chi connectivity index (χ0n) is 13.4. The maximum Gasteiger partial charge on any atom is 0.312 e. The van der Waals surface area contributed by atoms with Crippen molar-refractivity contribution in [2.24, 2.45) is 5.10 Å². The second-order valence-corrected chi connectivity index (χ2v) is 5.36. The van der Waals surface area contributed by atoms with Crippen molar-refractivity contribution in [3.05, 3.63) is 67.2 Å².